The molecule has 7 heteroatoms. The first kappa shape index (κ1) is 15.2. The van der Waals surface area contributed by atoms with Crippen LogP contribution in [0.3, 0.4) is 0 Å². The molecule has 1 aromatic carbocycles. The van der Waals surface area contributed by atoms with E-state index >= 15 is 0 Å². The van der Waals surface area contributed by atoms with E-state index in [2.05, 4.69) is 24.5 Å². The normalized spacial score (nSPS) is 8.41. The van der Waals surface area contributed by atoms with E-state index in [4.69, 9.17) is 15.9 Å². The number of hydrogen-bond acceptors (Lipinski definition) is 6. The molecule has 92 valence electrons. The van der Waals surface area contributed by atoms with Gasteiger partial charge < -0.3 is 5.01 Å². The van der Waals surface area contributed by atoms with Gasteiger partial charge in [0, 0.05) is 18.4 Å². The molecule has 0 unspecified atom stereocenters. The number of hydrogen-bond donors (Lipinski definition) is 4. The van der Waals surface area contributed by atoms with Crippen molar-refractivity contribution in [3.8, 4) is 6.07 Å². The lowest BCUT2D eigenvalue weighted by Gasteiger charge is -2.16. The van der Waals surface area contributed by atoms with Crippen LogP contribution in [0.4, 0.5) is 5.69 Å². The van der Waals surface area contributed by atoms with Gasteiger partial charge in [-0.2, -0.15) is 17.9 Å². The molecule has 17 heavy (non-hydrogen) atoms. The number of nitriles is 1. The van der Waals surface area contributed by atoms with Crippen LogP contribution in [0.5, 0.6) is 0 Å². The zero-order valence-electron chi connectivity index (χ0n) is 9.42. The third-order valence-corrected chi connectivity index (χ3v) is 2.19. The van der Waals surface area contributed by atoms with Gasteiger partial charge in [0.05, 0.1) is 17.3 Å². The molecule has 0 aliphatic rings. The zero-order valence-corrected chi connectivity index (χ0v) is 10.3. The molecule has 0 aromatic heterocycles. The Morgan fingerprint density at radius 3 is 2.59 bits per heavy atom. The predicted octanol–water partition coefficient (Wildman–Crippen LogP) is -0.0959. The highest BCUT2D eigenvalue weighted by atomic mass is 32.1. The van der Waals surface area contributed by atoms with E-state index in [0.29, 0.717) is 17.7 Å². The third-order valence-electron chi connectivity index (χ3n) is 1.88. The number of nitrogens with two attached hydrogens (primary N) is 2. The maximum absolute atomic E-state index is 8.94. The molecule has 1 rings (SSSR count). The Morgan fingerprint density at radius 1 is 1.65 bits per heavy atom. The van der Waals surface area contributed by atoms with Gasteiger partial charge in [-0.3, -0.25) is 10.2 Å². The number of anilines is 1. The summed E-state index contributed by atoms with van der Waals surface area (Å²) in [5.74, 6) is 10.5. The summed E-state index contributed by atoms with van der Waals surface area (Å²) in [7, 11) is 1.74. The molecule has 1 aromatic rings. The monoisotopic (exact) mass is 253 g/mol. The zero-order chi connectivity index (χ0) is 13.3. The molecule has 0 aliphatic heterocycles. The minimum atomic E-state index is 0.403. The standard InChI is InChI=1S/C9H11N3S.CH4N2O/c1-12(11)9-4-2-3-7(5-10)8(9)6-13;2-3-1-4/h2-4,13H,6,11H2,1H3;1H,2H2,(H,3,4). The summed E-state index contributed by atoms with van der Waals surface area (Å²) >= 11 is 4.16. The van der Waals surface area contributed by atoms with Gasteiger partial charge in [0.25, 0.3) is 0 Å². The van der Waals surface area contributed by atoms with Crippen LogP contribution in [0.15, 0.2) is 18.2 Å². The van der Waals surface area contributed by atoms with E-state index in [1.165, 1.54) is 5.01 Å². The number of amides is 1. The summed E-state index contributed by atoms with van der Waals surface area (Å²) < 4.78 is 0. The van der Waals surface area contributed by atoms with Crippen molar-refractivity contribution < 1.29 is 4.79 Å². The molecule has 0 radical (unpaired) electrons. The van der Waals surface area contributed by atoms with Crippen molar-refractivity contribution in [1.82, 2.24) is 5.43 Å². The van der Waals surface area contributed by atoms with Gasteiger partial charge in [-0.1, -0.05) is 6.07 Å². The van der Waals surface area contributed by atoms with Crippen LogP contribution in [0.2, 0.25) is 0 Å². The molecule has 0 atom stereocenters. The number of nitrogens with zero attached hydrogens (tertiary/aromatic N) is 2. The number of benzene rings is 1. The molecule has 0 bridgehead atoms. The van der Waals surface area contributed by atoms with Crippen LogP contribution in [-0.4, -0.2) is 13.5 Å². The smallest absolute Gasteiger partial charge is 0.221 e. The number of rotatable bonds is 3. The van der Waals surface area contributed by atoms with Crippen LogP contribution in [-0.2, 0) is 10.5 Å². The van der Waals surface area contributed by atoms with Crippen LogP contribution < -0.4 is 22.1 Å². The number of carbonyl (C=O) groups is 1. The average molecular weight is 253 g/mol. The number of hydrazine groups is 2. The topological polar surface area (TPSA) is 108 Å². The van der Waals surface area contributed by atoms with E-state index in [9.17, 15) is 0 Å². The molecule has 0 aliphatic carbocycles. The van der Waals surface area contributed by atoms with Gasteiger partial charge in [-0.25, -0.2) is 11.7 Å². The van der Waals surface area contributed by atoms with E-state index in [-0.39, 0.29) is 0 Å². The highest BCUT2D eigenvalue weighted by Gasteiger charge is 2.07. The Kier molecular flexibility index (Phi) is 7.54. The van der Waals surface area contributed by atoms with Crippen LogP contribution >= 0.6 is 12.6 Å². The fourth-order valence-corrected chi connectivity index (χ4v) is 1.51. The van der Waals surface area contributed by atoms with Gasteiger partial charge in [0.2, 0.25) is 6.41 Å². The maximum atomic E-state index is 8.94. The average Bonchev–Trinajstić information content (AvgIpc) is 2.37. The van der Waals surface area contributed by atoms with Crippen molar-refractivity contribution >= 4 is 24.7 Å². The lowest BCUT2D eigenvalue weighted by Crippen LogP contribution is -2.26. The Morgan fingerprint density at radius 2 is 2.24 bits per heavy atom. The summed E-state index contributed by atoms with van der Waals surface area (Å²) in [6.07, 6.45) is 0.403. The fraction of sp³-hybridized carbons (Fsp3) is 0.200. The maximum Gasteiger partial charge on any atom is 0.221 e. The molecular weight excluding hydrogens is 238 g/mol. The molecule has 0 spiro atoms. The first-order chi connectivity index (χ1) is 8.12. The molecule has 6 nitrogen and oxygen atoms in total. The Labute approximate surface area is 106 Å². The van der Waals surface area contributed by atoms with Gasteiger partial charge in [0.15, 0.2) is 0 Å². The van der Waals surface area contributed by atoms with E-state index < -0.39 is 0 Å². The number of carbonyl (C=O) groups excluding carboxylic acids is 1. The molecular formula is C10H15N5OS. The van der Waals surface area contributed by atoms with E-state index in [0.717, 1.165) is 11.3 Å². The SMILES string of the molecule is CN(N)c1cccc(C#N)c1CS.NNC=O. The van der Waals surface area contributed by atoms with Crippen molar-refractivity contribution in [2.45, 2.75) is 5.75 Å². The molecule has 5 N–H and O–H groups in total. The first-order valence-electron chi connectivity index (χ1n) is 4.63. The van der Waals surface area contributed by atoms with E-state index in [1.807, 2.05) is 12.1 Å². The van der Waals surface area contributed by atoms with Gasteiger partial charge in [-0.05, 0) is 12.1 Å². The van der Waals surface area contributed by atoms with Gasteiger partial charge in [-0.15, -0.1) is 0 Å². The minimum absolute atomic E-state index is 0.403. The highest BCUT2D eigenvalue weighted by molar-refractivity contribution is 7.79. The second-order valence-electron chi connectivity index (χ2n) is 2.97. The Hall–Kier alpha value is -1.75. The fourth-order valence-electron chi connectivity index (χ4n) is 1.18. The molecule has 0 fully saturated rings. The van der Waals surface area contributed by atoms with Crippen LogP contribution in [0, 0.1) is 11.3 Å². The molecule has 0 heterocycles. The lowest BCUT2D eigenvalue weighted by atomic mass is 10.1. The molecule has 0 saturated heterocycles. The van der Waals surface area contributed by atoms with Crippen molar-refractivity contribution in [1.29, 1.82) is 5.26 Å². The third kappa shape index (κ3) is 4.74. The van der Waals surface area contributed by atoms with Crippen molar-refractivity contribution in [3.63, 3.8) is 0 Å². The minimum Gasteiger partial charge on any atom is -0.314 e. The van der Waals surface area contributed by atoms with Crippen molar-refractivity contribution in [2.24, 2.45) is 11.7 Å². The van der Waals surface area contributed by atoms with Crippen molar-refractivity contribution in [2.75, 3.05) is 12.1 Å². The van der Waals surface area contributed by atoms with Gasteiger partial charge in [0.1, 0.15) is 0 Å². The van der Waals surface area contributed by atoms with Crippen LogP contribution in [0.25, 0.3) is 0 Å². The predicted molar refractivity (Wildman–Crippen MR) is 69.8 cm³/mol. The quantitative estimate of drug-likeness (QED) is 0.198. The van der Waals surface area contributed by atoms with E-state index in [1.54, 1.807) is 18.5 Å². The Bertz CT molecular complexity index is 402. The first-order valence-corrected chi connectivity index (χ1v) is 5.26. The van der Waals surface area contributed by atoms with Crippen molar-refractivity contribution in [3.05, 3.63) is 29.3 Å². The largest absolute Gasteiger partial charge is 0.314 e. The van der Waals surface area contributed by atoms with Gasteiger partial charge >= 0.3 is 0 Å². The summed E-state index contributed by atoms with van der Waals surface area (Å²) in [6.45, 7) is 0. The van der Waals surface area contributed by atoms with Crippen LogP contribution in [0.1, 0.15) is 11.1 Å². The summed E-state index contributed by atoms with van der Waals surface area (Å²) in [5.41, 5.74) is 4.09. The Balaban J connectivity index is 0.000000557. The summed E-state index contributed by atoms with van der Waals surface area (Å²) in [5, 5.41) is 10.3. The molecule has 1 amide bonds. The summed E-state index contributed by atoms with van der Waals surface area (Å²) in [6, 6.07) is 7.55. The second kappa shape index (κ2) is 8.41. The molecule has 0 saturated carbocycles. The lowest BCUT2D eigenvalue weighted by molar-refractivity contribution is -0.109. The summed E-state index contributed by atoms with van der Waals surface area (Å²) in [4.78, 5) is 8.94. The number of thiol groups is 1. The number of nitrogens with one attached hydrogen (secondary N) is 1. The second-order valence-corrected chi connectivity index (χ2v) is 3.28. The highest BCUT2D eigenvalue weighted by Crippen LogP contribution is 2.22.